The first-order valence-corrected chi connectivity index (χ1v) is 12.0. The van der Waals surface area contributed by atoms with Crippen LogP contribution in [-0.2, 0) is 22.2 Å². The largest absolute Gasteiger partial charge is 0.364 e. The zero-order chi connectivity index (χ0) is 21.6. The molecule has 10 heteroatoms. The second-order valence-electron chi connectivity index (χ2n) is 7.61. The Morgan fingerprint density at radius 3 is 2.42 bits per heavy atom. The van der Waals surface area contributed by atoms with Gasteiger partial charge < -0.3 is 14.7 Å². The average molecular weight is 561 g/mol. The van der Waals surface area contributed by atoms with Crippen LogP contribution in [0.5, 0.6) is 0 Å². The molecule has 0 saturated carbocycles. The number of aryl methyl sites for hydroxylation is 2. The lowest BCUT2D eigenvalue weighted by atomic mass is 10.1. The highest BCUT2D eigenvalue weighted by Crippen LogP contribution is 2.13. The fraction of sp³-hybridized carbons (Fsp3) is 0.524. The number of sulfonamides is 1. The molecule has 3 rings (SSSR count). The van der Waals surface area contributed by atoms with Gasteiger partial charge in [0.2, 0.25) is 10.0 Å². The van der Waals surface area contributed by atoms with E-state index in [1.165, 1.54) is 27.3 Å². The van der Waals surface area contributed by atoms with E-state index in [-0.39, 0.29) is 29.7 Å². The molecule has 172 valence electrons. The van der Waals surface area contributed by atoms with E-state index in [0.717, 1.165) is 18.9 Å². The van der Waals surface area contributed by atoms with Crippen LogP contribution < -0.4 is 5.32 Å². The van der Waals surface area contributed by atoms with Gasteiger partial charge in [-0.05, 0) is 32.8 Å². The van der Waals surface area contributed by atoms with Crippen LogP contribution in [0.15, 0.2) is 40.0 Å². The lowest BCUT2D eigenvalue weighted by Gasteiger charge is -2.35. The molecule has 0 unspecified atom stereocenters. The Labute approximate surface area is 202 Å². The van der Waals surface area contributed by atoms with Crippen LogP contribution in [0.1, 0.15) is 29.3 Å². The van der Waals surface area contributed by atoms with Crippen LogP contribution in [-0.4, -0.2) is 68.0 Å². The molecule has 31 heavy (non-hydrogen) atoms. The summed E-state index contributed by atoms with van der Waals surface area (Å²) in [5, 5.41) is 7.05. The third kappa shape index (κ3) is 7.46. The summed E-state index contributed by atoms with van der Waals surface area (Å²) in [6, 6.07) is 8.16. The number of nitrogens with one attached hydrogen (secondary N) is 1. The summed E-state index contributed by atoms with van der Waals surface area (Å²) in [7, 11) is -3.40. The number of guanidine groups is 1. The normalized spacial score (nSPS) is 15.6. The molecule has 0 aliphatic carbocycles. The molecular weight excluding hydrogens is 529 g/mol. The van der Waals surface area contributed by atoms with Gasteiger partial charge >= 0.3 is 0 Å². The van der Waals surface area contributed by atoms with E-state index in [1.807, 2.05) is 6.92 Å². The van der Waals surface area contributed by atoms with E-state index in [1.54, 1.807) is 6.07 Å². The van der Waals surface area contributed by atoms with Gasteiger partial charge in [0, 0.05) is 45.3 Å². The minimum Gasteiger partial charge on any atom is -0.364 e. The molecule has 1 aliphatic rings. The number of rotatable bonds is 7. The van der Waals surface area contributed by atoms with Gasteiger partial charge in [-0.3, -0.25) is 4.99 Å². The standard InChI is InChI=1S/C21H31N5O3S.HI/c1-4-22-21(23-7-5-19-14-17(2)13-18(3)15-19)25-8-10-26(11-9-25)30(27,28)16-20-6-12-29-24-20;/h6,12-15H,4-5,7-11,16H2,1-3H3,(H,22,23);1H. The summed E-state index contributed by atoms with van der Waals surface area (Å²) in [4.78, 5) is 6.91. The van der Waals surface area contributed by atoms with Crippen molar-refractivity contribution in [3.05, 3.63) is 52.9 Å². The van der Waals surface area contributed by atoms with Gasteiger partial charge in [0.25, 0.3) is 0 Å². The predicted octanol–water partition coefficient (Wildman–Crippen LogP) is 2.57. The molecule has 0 radical (unpaired) electrons. The highest BCUT2D eigenvalue weighted by molar-refractivity contribution is 14.0. The van der Waals surface area contributed by atoms with Gasteiger partial charge in [-0.25, -0.2) is 8.42 Å². The van der Waals surface area contributed by atoms with Gasteiger partial charge in [0.05, 0.1) is 5.69 Å². The van der Waals surface area contributed by atoms with Gasteiger partial charge in [0.15, 0.2) is 5.96 Å². The monoisotopic (exact) mass is 561 g/mol. The lowest BCUT2D eigenvalue weighted by Crippen LogP contribution is -2.54. The number of piperazine rings is 1. The molecule has 1 fully saturated rings. The first-order valence-electron chi connectivity index (χ1n) is 10.3. The summed E-state index contributed by atoms with van der Waals surface area (Å²) in [5.74, 6) is 0.712. The van der Waals surface area contributed by atoms with E-state index < -0.39 is 10.0 Å². The summed E-state index contributed by atoms with van der Waals surface area (Å²) in [6.07, 6.45) is 2.27. The number of hydrogen-bond donors (Lipinski definition) is 1. The van der Waals surface area contributed by atoms with Crippen molar-refractivity contribution in [2.75, 3.05) is 39.3 Å². The van der Waals surface area contributed by atoms with Crippen molar-refractivity contribution in [3.63, 3.8) is 0 Å². The van der Waals surface area contributed by atoms with Crippen molar-refractivity contribution in [1.82, 2.24) is 19.7 Å². The minimum atomic E-state index is -3.40. The third-order valence-electron chi connectivity index (χ3n) is 5.03. The maximum absolute atomic E-state index is 12.6. The number of halogens is 1. The second kappa shape index (κ2) is 11.8. The van der Waals surface area contributed by atoms with Crippen molar-refractivity contribution in [1.29, 1.82) is 0 Å². The molecule has 1 aromatic carbocycles. The molecule has 1 N–H and O–H groups in total. The van der Waals surface area contributed by atoms with Gasteiger partial charge in [-0.1, -0.05) is 34.5 Å². The molecule has 0 amide bonds. The van der Waals surface area contributed by atoms with E-state index >= 15 is 0 Å². The molecule has 1 aliphatic heterocycles. The Bertz CT molecular complexity index is 935. The first-order chi connectivity index (χ1) is 14.4. The van der Waals surface area contributed by atoms with Crippen molar-refractivity contribution >= 4 is 40.0 Å². The molecule has 2 aromatic rings. The van der Waals surface area contributed by atoms with Crippen LogP contribution in [0.2, 0.25) is 0 Å². The highest BCUT2D eigenvalue weighted by atomic mass is 127. The Kier molecular flexibility index (Phi) is 9.76. The second-order valence-corrected chi connectivity index (χ2v) is 9.58. The summed E-state index contributed by atoms with van der Waals surface area (Å²) >= 11 is 0. The maximum atomic E-state index is 12.6. The maximum Gasteiger partial charge on any atom is 0.220 e. The molecule has 0 atom stereocenters. The molecule has 0 bridgehead atoms. The van der Waals surface area contributed by atoms with Gasteiger partial charge in [-0.2, -0.15) is 4.31 Å². The minimum absolute atomic E-state index is 0. The van der Waals surface area contributed by atoms with Crippen LogP contribution in [0.4, 0.5) is 0 Å². The summed E-state index contributed by atoms with van der Waals surface area (Å²) in [6.45, 7) is 9.80. The summed E-state index contributed by atoms with van der Waals surface area (Å²) < 4.78 is 31.5. The third-order valence-corrected chi connectivity index (χ3v) is 6.84. The molecule has 8 nitrogen and oxygen atoms in total. The molecule has 0 spiro atoms. The zero-order valence-corrected chi connectivity index (χ0v) is 21.5. The first kappa shape index (κ1) is 25.6. The van der Waals surface area contributed by atoms with Crippen molar-refractivity contribution < 1.29 is 12.9 Å². The molecule has 2 heterocycles. The Balaban J connectivity index is 0.00000341. The van der Waals surface area contributed by atoms with E-state index in [0.29, 0.717) is 38.4 Å². The van der Waals surface area contributed by atoms with Crippen molar-refractivity contribution in [2.24, 2.45) is 4.99 Å². The van der Waals surface area contributed by atoms with Crippen LogP contribution in [0, 0.1) is 13.8 Å². The smallest absolute Gasteiger partial charge is 0.220 e. The van der Waals surface area contributed by atoms with E-state index in [2.05, 4.69) is 47.4 Å². The topological polar surface area (TPSA) is 91.0 Å². The van der Waals surface area contributed by atoms with Crippen LogP contribution >= 0.6 is 24.0 Å². The predicted molar refractivity (Wildman–Crippen MR) is 133 cm³/mol. The molecular formula is C21H32IN5O3S. The van der Waals surface area contributed by atoms with Crippen molar-refractivity contribution in [2.45, 2.75) is 32.9 Å². The Hall–Kier alpha value is -1.66. The fourth-order valence-corrected chi connectivity index (χ4v) is 5.12. The molecule has 1 saturated heterocycles. The van der Waals surface area contributed by atoms with E-state index in [9.17, 15) is 8.42 Å². The lowest BCUT2D eigenvalue weighted by molar-refractivity contribution is 0.260. The Morgan fingerprint density at radius 1 is 1.16 bits per heavy atom. The SMILES string of the molecule is CCNC(=NCCc1cc(C)cc(C)c1)N1CCN(S(=O)(=O)Cc2ccon2)CC1.I. The summed E-state index contributed by atoms with van der Waals surface area (Å²) in [5.41, 5.74) is 4.25. The van der Waals surface area contributed by atoms with Crippen LogP contribution in [0.3, 0.4) is 0 Å². The number of hydrogen-bond acceptors (Lipinski definition) is 5. The zero-order valence-electron chi connectivity index (χ0n) is 18.4. The number of aromatic nitrogens is 1. The van der Waals surface area contributed by atoms with Crippen LogP contribution in [0.25, 0.3) is 0 Å². The number of aliphatic imine (C=N–C) groups is 1. The highest BCUT2D eigenvalue weighted by Gasteiger charge is 2.28. The van der Waals surface area contributed by atoms with Gasteiger partial charge in [0.1, 0.15) is 12.0 Å². The fourth-order valence-electron chi connectivity index (χ4n) is 3.70. The van der Waals surface area contributed by atoms with Gasteiger partial charge in [-0.15, -0.1) is 24.0 Å². The number of benzene rings is 1. The molecule has 1 aromatic heterocycles. The number of nitrogens with zero attached hydrogens (tertiary/aromatic N) is 4. The quantitative estimate of drug-likeness (QED) is 0.318. The van der Waals surface area contributed by atoms with E-state index in [4.69, 9.17) is 9.52 Å². The Morgan fingerprint density at radius 2 is 1.84 bits per heavy atom. The van der Waals surface area contributed by atoms with Crippen molar-refractivity contribution in [3.8, 4) is 0 Å². The average Bonchev–Trinajstić information content (AvgIpc) is 3.19.